The van der Waals surface area contributed by atoms with Crippen LogP contribution in [0.15, 0.2) is 91.4 Å². The van der Waals surface area contributed by atoms with E-state index in [9.17, 15) is 4.79 Å². The van der Waals surface area contributed by atoms with Gasteiger partial charge >= 0.3 is 0 Å². The van der Waals surface area contributed by atoms with Gasteiger partial charge in [0.2, 0.25) is 0 Å². The Bertz CT molecular complexity index is 1200. The number of benzene rings is 2. The molecule has 1 fully saturated rings. The molecule has 0 spiro atoms. The Morgan fingerprint density at radius 2 is 1.68 bits per heavy atom. The third kappa shape index (κ3) is 5.41. The number of carbonyl (C=O) groups is 1. The van der Waals surface area contributed by atoms with Crippen molar-refractivity contribution in [1.29, 1.82) is 0 Å². The molecule has 1 saturated heterocycles. The summed E-state index contributed by atoms with van der Waals surface area (Å²) < 4.78 is 1.90. The molecule has 2 aromatic carbocycles. The van der Waals surface area contributed by atoms with E-state index in [-0.39, 0.29) is 11.9 Å². The van der Waals surface area contributed by atoms with Crippen molar-refractivity contribution in [2.45, 2.75) is 32.0 Å². The van der Waals surface area contributed by atoms with Crippen molar-refractivity contribution >= 4 is 5.91 Å². The number of nitrogens with zero attached hydrogens (tertiary/aromatic N) is 4. The lowest BCUT2D eigenvalue weighted by atomic mass is 9.97. The molecule has 0 unspecified atom stereocenters. The molecule has 0 radical (unpaired) electrons. The molecule has 1 amide bonds. The van der Waals surface area contributed by atoms with Gasteiger partial charge in [0.25, 0.3) is 5.91 Å². The van der Waals surface area contributed by atoms with Gasteiger partial charge in [-0.25, -0.2) is 0 Å². The summed E-state index contributed by atoms with van der Waals surface area (Å²) in [6.07, 6.45) is 7.47. The SMILES string of the molecule is O=C(NC1CCN(Cc2ccccn2)CC1)c1ccccc1-c1ccc(Cn2cccn2)cc1. The van der Waals surface area contributed by atoms with Crippen LogP contribution in [0.3, 0.4) is 0 Å². The minimum absolute atomic E-state index is 0.000561. The smallest absolute Gasteiger partial charge is 0.252 e. The van der Waals surface area contributed by atoms with Crippen LogP contribution in [-0.4, -0.2) is 44.7 Å². The topological polar surface area (TPSA) is 63.1 Å². The van der Waals surface area contributed by atoms with Crippen LogP contribution in [0.1, 0.15) is 34.5 Å². The fraction of sp³-hybridized carbons (Fsp3) is 0.250. The van der Waals surface area contributed by atoms with Crippen molar-refractivity contribution in [3.63, 3.8) is 0 Å². The molecule has 5 rings (SSSR count). The molecule has 6 heteroatoms. The van der Waals surface area contributed by atoms with Crippen LogP contribution in [0, 0.1) is 0 Å². The number of rotatable bonds is 7. The maximum Gasteiger partial charge on any atom is 0.252 e. The number of aromatic nitrogens is 3. The van der Waals surface area contributed by atoms with Gasteiger partial charge in [-0.15, -0.1) is 0 Å². The first-order valence-corrected chi connectivity index (χ1v) is 11.8. The highest BCUT2D eigenvalue weighted by Crippen LogP contribution is 2.25. The molecule has 0 bridgehead atoms. The first kappa shape index (κ1) is 22.0. The number of piperidine rings is 1. The van der Waals surface area contributed by atoms with Crippen LogP contribution in [-0.2, 0) is 13.1 Å². The summed E-state index contributed by atoms with van der Waals surface area (Å²) in [4.78, 5) is 20.0. The molecule has 172 valence electrons. The van der Waals surface area contributed by atoms with E-state index in [2.05, 4.69) is 50.6 Å². The van der Waals surface area contributed by atoms with Crippen molar-refractivity contribution in [2.75, 3.05) is 13.1 Å². The average Bonchev–Trinajstić information content (AvgIpc) is 3.39. The number of carbonyl (C=O) groups excluding carboxylic acids is 1. The number of hydrogen-bond acceptors (Lipinski definition) is 4. The fourth-order valence-electron chi connectivity index (χ4n) is 4.52. The summed E-state index contributed by atoms with van der Waals surface area (Å²) in [6.45, 7) is 3.51. The van der Waals surface area contributed by atoms with Gasteiger partial charge < -0.3 is 5.32 Å². The fourth-order valence-corrected chi connectivity index (χ4v) is 4.52. The maximum atomic E-state index is 13.2. The van der Waals surface area contributed by atoms with Crippen molar-refractivity contribution in [1.82, 2.24) is 25.0 Å². The summed E-state index contributed by atoms with van der Waals surface area (Å²) in [6, 6.07) is 24.4. The van der Waals surface area contributed by atoms with Crippen LogP contribution in [0.25, 0.3) is 11.1 Å². The summed E-state index contributed by atoms with van der Waals surface area (Å²) in [5.74, 6) is -0.000561. The Balaban J connectivity index is 1.21. The summed E-state index contributed by atoms with van der Waals surface area (Å²) >= 11 is 0. The normalized spacial score (nSPS) is 14.7. The van der Waals surface area contributed by atoms with Gasteiger partial charge in [0.15, 0.2) is 0 Å². The summed E-state index contributed by atoms with van der Waals surface area (Å²) in [7, 11) is 0. The van der Waals surface area contributed by atoms with Crippen LogP contribution in [0.2, 0.25) is 0 Å². The Kier molecular flexibility index (Phi) is 6.77. The number of amides is 1. The lowest BCUT2D eigenvalue weighted by Crippen LogP contribution is -2.44. The Morgan fingerprint density at radius 1 is 0.882 bits per heavy atom. The zero-order valence-corrected chi connectivity index (χ0v) is 19.2. The predicted octanol–water partition coefficient (Wildman–Crippen LogP) is 4.39. The molecule has 3 heterocycles. The van der Waals surface area contributed by atoms with Crippen LogP contribution >= 0.6 is 0 Å². The zero-order valence-electron chi connectivity index (χ0n) is 19.2. The van der Waals surface area contributed by atoms with E-state index in [1.165, 1.54) is 5.56 Å². The third-order valence-electron chi connectivity index (χ3n) is 6.37. The molecule has 34 heavy (non-hydrogen) atoms. The van der Waals surface area contributed by atoms with Gasteiger partial charge in [-0.1, -0.05) is 48.5 Å². The van der Waals surface area contributed by atoms with Crippen molar-refractivity contribution in [3.8, 4) is 11.1 Å². The van der Waals surface area contributed by atoms with Crippen LogP contribution < -0.4 is 5.32 Å². The molecule has 1 aliphatic rings. The largest absolute Gasteiger partial charge is 0.349 e. The number of pyridine rings is 1. The van der Waals surface area contributed by atoms with Gasteiger partial charge in [-0.2, -0.15) is 5.10 Å². The monoisotopic (exact) mass is 451 g/mol. The van der Waals surface area contributed by atoms with E-state index in [1.807, 2.05) is 59.5 Å². The summed E-state index contributed by atoms with van der Waals surface area (Å²) in [5.41, 5.74) is 4.98. The second kappa shape index (κ2) is 10.4. The van der Waals surface area contributed by atoms with Crippen molar-refractivity contribution in [2.24, 2.45) is 0 Å². The highest BCUT2D eigenvalue weighted by molar-refractivity contribution is 6.01. The van der Waals surface area contributed by atoms with E-state index in [4.69, 9.17) is 0 Å². The van der Waals surface area contributed by atoms with Crippen molar-refractivity contribution in [3.05, 3.63) is 108 Å². The number of hydrogen-bond donors (Lipinski definition) is 1. The lowest BCUT2D eigenvalue weighted by molar-refractivity contribution is 0.0909. The third-order valence-corrected chi connectivity index (χ3v) is 6.37. The maximum absolute atomic E-state index is 13.2. The van der Waals surface area contributed by atoms with Crippen LogP contribution in [0.4, 0.5) is 0 Å². The minimum Gasteiger partial charge on any atom is -0.349 e. The molecular weight excluding hydrogens is 422 g/mol. The Labute approximate surface area is 200 Å². The zero-order chi connectivity index (χ0) is 23.2. The number of likely N-dealkylation sites (tertiary alicyclic amines) is 1. The second-order valence-electron chi connectivity index (χ2n) is 8.79. The van der Waals surface area contributed by atoms with E-state index in [1.54, 1.807) is 6.20 Å². The Hall–Kier alpha value is -3.77. The number of nitrogens with one attached hydrogen (secondary N) is 1. The second-order valence-corrected chi connectivity index (χ2v) is 8.79. The molecule has 6 nitrogen and oxygen atoms in total. The molecule has 1 aliphatic heterocycles. The standard InChI is InChI=1S/C28H29N5O/c34-28(31-24-13-18-32(19-14-24)21-25-6-3-4-15-29-25)27-8-2-1-7-26(27)23-11-9-22(10-12-23)20-33-17-5-16-30-33/h1-12,15-17,24H,13-14,18-21H2,(H,31,34). The van der Waals surface area contributed by atoms with Gasteiger partial charge in [0.05, 0.1) is 12.2 Å². The molecule has 0 aliphatic carbocycles. The highest BCUT2D eigenvalue weighted by atomic mass is 16.1. The predicted molar refractivity (Wildman–Crippen MR) is 133 cm³/mol. The van der Waals surface area contributed by atoms with Gasteiger partial charge in [-0.05, 0) is 53.8 Å². The first-order valence-electron chi connectivity index (χ1n) is 11.8. The molecule has 4 aromatic rings. The van der Waals surface area contributed by atoms with Crippen LogP contribution in [0.5, 0.6) is 0 Å². The van der Waals surface area contributed by atoms with E-state index in [0.29, 0.717) is 0 Å². The molecular formula is C28H29N5O. The van der Waals surface area contributed by atoms with E-state index < -0.39 is 0 Å². The minimum atomic E-state index is -0.000561. The molecule has 2 aromatic heterocycles. The van der Waals surface area contributed by atoms with E-state index >= 15 is 0 Å². The molecule has 0 saturated carbocycles. The highest BCUT2D eigenvalue weighted by Gasteiger charge is 2.22. The first-order chi connectivity index (χ1) is 16.7. The average molecular weight is 452 g/mol. The summed E-state index contributed by atoms with van der Waals surface area (Å²) in [5, 5.41) is 7.55. The van der Waals surface area contributed by atoms with Gasteiger partial charge in [-0.3, -0.25) is 19.4 Å². The molecule has 1 N–H and O–H groups in total. The molecule has 0 atom stereocenters. The Morgan fingerprint density at radius 3 is 2.41 bits per heavy atom. The lowest BCUT2D eigenvalue weighted by Gasteiger charge is -2.32. The van der Waals surface area contributed by atoms with Gasteiger partial charge in [0, 0.05) is 49.8 Å². The van der Waals surface area contributed by atoms with Crippen molar-refractivity contribution < 1.29 is 4.79 Å². The quantitative estimate of drug-likeness (QED) is 0.453. The van der Waals surface area contributed by atoms with Gasteiger partial charge in [0.1, 0.15) is 0 Å². The van der Waals surface area contributed by atoms with E-state index in [0.717, 1.165) is 61.4 Å².